The van der Waals surface area contributed by atoms with Crippen molar-refractivity contribution in [2.45, 2.75) is 25.4 Å². The molecule has 1 aliphatic heterocycles. The van der Waals surface area contributed by atoms with E-state index < -0.39 is 0 Å². The van der Waals surface area contributed by atoms with E-state index in [4.69, 9.17) is 0 Å². The number of hydrogen-bond acceptors (Lipinski definition) is 3. The van der Waals surface area contributed by atoms with Crippen molar-refractivity contribution in [3.63, 3.8) is 0 Å². The van der Waals surface area contributed by atoms with E-state index in [-0.39, 0.29) is 37.2 Å². The first-order valence-electron chi connectivity index (χ1n) is 5.28. The highest BCUT2D eigenvalue weighted by Crippen LogP contribution is 2.03. The van der Waals surface area contributed by atoms with E-state index in [0.29, 0.717) is 6.04 Å². The molecule has 0 aromatic carbocycles. The van der Waals surface area contributed by atoms with Gasteiger partial charge in [-0.25, -0.2) is 0 Å². The van der Waals surface area contributed by atoms with Gasteiger partial charge in [0, 0.05) is 31.5 Å². The summed E-state index contributed by atoms with van der Waals surface area (Å²) in [5.41, 5.74) is 1.26. The molecule has 6 heteroatoms. The highest BCUT2D eigenvalue weighted by Gasteiger charge is 2.11. The van der Waals surface area contributed by atoms with E-state index in [9.17, 15) is 0 Å². The monoisotopic (exact) mass is 299 g/mol. The van der Waals surface area contributed by atoms with Crippen LogP contribution in [0.4, 0.5) is 0 Å². The second-order valence-electron chi connectivity index (χ2n) is 3.79. The molecule has 0 saturated carbocycles. The second-order valence-corrected chi connectivity index (χ2v) is 3.79. The largest absolute Gasteiger partial charge is 0.315 e. The maximum atomic E-state index is 4.09. The molecule has 0 unspecified atom stereocenters. The number of halogens is 3. The zero-order valence-corrected chi connectivity index (χ0v) is 12.0. The summed E-state index contributed by atoms with van der Waals surface area (Å²) in [5, 5.41) is 6.93. The molecule has 2 N–H and O–H groups in total. The third-order valence-electron chi connectivity index (χ3n) is 2.61. The molecule has 1 fully saturated rings. The van der Waals surface area contributed by atoms with Gasteiger partial charge in [-0.1, -0.05) is 6.07 Å². The molecule has 3 nitrogen and oxygen atoms in total. The minimum absolute atomic E-state index is 0. The first kappa shape index (κ1) is 19.3. The molecule has 2 heterocycles. The van der Waals surface area contributed by atoms with Crippen molar-refractivity contribution >= 4 is 37.2 Å². The highest BCUT2D eigenvalue weighted by molar-refractivity contribution is 5.86. The number of aromatic nitrogens is 1. The number of nitrogens with one attached hydrogen (secondary N) is 2. The maximum absolute atomic E-state index is 4.09. The quantitative estimate of drug-likeness (QED) is 0.898. The van der Waals surface area contributed by atoms with Crippen molar-refractivity contribution in [2.24, 2.45) is 0 Å². The molecule has 17 heavy (non-hydrogen) atoms. The Balaban J connectivity index is 0. The Morgan fingerprint density at radius 3 is 2.76 bits per heavy atom. The van der Waals surface area contributed by atoms with Crippen LogP contribution < -0.4 is 10.6 Å². The van der Waals surface area contributed by atoms with Gasteiger partial charge in [-0.15, -0.1) is 37.2 Å². The van der Waals surface area contributed by atoms with Crippen LogP contribution >= 0.6 is 37.2 Å². The summed E-state index contributed by atoms with van der Waals surface area (Å²) >= 11 is 0. The predicted octanol–water partition coefficient (Wildman–Crippen LogP) is 2.19. The lowest BCUT2D eigenvalue weighted by Gasteiger charge is -2.23. The van der Waals surface area contributed by atoms with Crippen LogP contribution in [0.25, 0.3) is 0 Å². The molecular formula is C11H20Cl3N3. The van der Waals surface area contributed by atoms with Gasteiger partial charge in [-0.2, -0.15) is 0 Å². The minimum atomic E-state index is 0. The third kappa shape index (κ3) is 7.06. The fourth-order valence-electron chi connectivity index (χ4n) is 1.79. The normalized spacial score (nSPS) is 18.2. The van der Waals surface area contributed by atoms with Crippen molar-refractivity contribution in [1.29, 1.82) is 0 Å². The van der Waals surface area contributed by atoms with Crippen LogP contribution in [0.3, 0.4) is 0 Å². The number of piperidine rings is 1. The van der Waals surface area contributed by atoms with Crippen LogP contribution in [0, 0.1) is 0 Å². The Kier molecular flexibility index (Phi) is 12.5. The van der Waals surface area contributed by atoms with E-state index in [0.717, 1.165) is 13.1 Å². The summed E-state index contributed by atoms with van der Waals surface area (Å²) in [4.78, 5) is 4.09. The Bertz CT molecular complexity index is 266. The van der Waals surface area contributed by atoms with Crippen LogP contribution in [0.5, 0.6) is 0 Å². The first-order chi connectivity index (χ1) is 6.95. The van der Waals surface area contributed by atoms with E-state index in [1.165, 1.54) is 24.9 Å². The number of pyridine rings is 1. The summed E-state index contributed by atoms with van der Waals surface area (Å²) in [6.45, 7) is 3.20. The summed E-state index contributed by atoms with van der Waals surface area (Å²) in [6.07, 6.45) is 6.30. The Morgan fingerprint density at radius 2 is 2.18 bits per heavy atom. The molecule has 1 aliphatic rings. The molecular weight excluding hydrogens is 281 g/mol. The predicted molar refractivity (Wildman–Crippen MR) is 78.7 cm³/mol. The van der Waals surface area contributed by atoms with Crippen LogP contribution in [-0.4, -0.2) is 24.1 Å². The average molecular weight is 301 g/mol. The molecule has 1 aromatic heterocycles. The third-order valence-corrected chi connectivity index (χ3v) is 2.61. The van der Waals surface area contributed by atoms with Gasteiger partial charge in [0.25, 0.3) is 0 Å². The van der Waals surface area contributed by atoms with Gasteiger partial charge >= 0.3 is 0 Å². The van der Waals surface area contributed by atoms with Crippen molar-refractivity contribution in [3.8, 4) is 0 Å². The standard InChI is InChI=1S/C11H17N3.3ClH/c1-3-10(7-12-5-1)8-14-11-4-2-6-13-9-11;;;/h1,3,5,7,11,13-14H,2,4,6,8-9H2;3*1H/t11-;;;/m0.../s1. The molecule has 2 rings (SSSR count). The van der Waals surface area contributed by atoms with Gasteiger partial charge in [0.1, 0.15) is 0 Å². The molecule has 0 radical (unpaired) electrons. The summed E-state index contributed by atoms with van der Waals surface area (Å²) in [7, 11) is 0. The summed E-state index contributed by atoms with van der Waals surface area (Å²) in [5.74, 6) is 0. The van der Waals surface area contributed by atoms with E-state index in [1.54, 1.807) is 0 Å². The summed E-state index contributed by atoms with van der Waals surface area (Å²) < 4.78 is 0. The van der Waals surface area contributed by atoms with Crippen LogP contribution in [0.15, 0.2) is 24.5 Å². The molecule has 0 bridgehead atoms. The van der Waals surface area contributed by atoms with Crippen LogP contribution in [0.2, 0.25) is 0 Å². The Hall–Kier alpha value is -0.0600. The molecule has 100 valence electrons. The number of rotatable bonds is 3. The van der Waals surface area contributed by atoms with Crippen molar-refractivity contribution in [3.05, 3.63) is 30.1 Å². The van der Waals surface area contributed by atoms with Gasteiger partial charge in [-0.05, 0) is 31.0 Å². The van der Waals surface area contributed by atoms with Gasteiger partial charge < -0.3 is 10.6 Å². The smallest absolute Gasteiger partial charge is 0.0312 e. The van der Waals surface area contributed by atoms with E-state index in [1.807, 2.05) is 18.5 Å². The fourth-order valence-corrected chi connectivity index (χ4v) is 1.79. The molecule has 0 aliphatic carbocycles. The lowest BCUT2D eigenvalue weighted by Crippen LogP contribution is -2.42. The zero-order valence-electron chi connectivity index (χ0n) is 9.59. The maximum Gasteiger partial charge on any atom is 0.0312 e. The zero-order chi connectivity index (χ0) is 9.64. The fraction of sp³-hybridized carbons (Fsp3) is 0.545. The van der Waals surface area contributed by atoms with E-state index >= 15 is 0 Å². The lowest BCUT2D eigenvalue weighted by molar-refractivity contribution is 0.389. The summed E-state index contributed by atoms with van der Waals surface area (Å²) in [6, 6.07) is 4.72. The van der Waals surface area contributed by atoms with Gasteiger partial charge in [0.2, 0.25) is 0 Å². The van der Waals surface area contributed by atoms with Gasteiger partial charge in [0.05, 0.1) is 0 Å². The molecule has 0 amide bonds. The Morgan fingerprint density at radius 1 is 1.35 bits per heavy atom. The Labute approximate surface area is 121 Å². The average Bonchev–Trinajstić information content (AvgIpc) is 2.29. The lowest BCUT2D eigenvalue weighted by atomic mass is 10.1. The van der Waals surface area contributed by atoms with Crippen molar-refractivity contribution < 1.29 is 0 Å². The van der Waals surface area contributed by atoms with Crippen LogP contribution in [0.1, 0.15) is 18.4 Å². The van der Waals surface area contributed by atoms with Gasteiger partial charge in [0.15, 0.2) is 0 Å². The minimum Gasteiger partial charge on any atom is -0.315 e. The van der Waals surface area contributed by atoms with Gasteiger partial charge in [-0.3, -0.25) is 4.98 Å². The first-order valence-corrected chi connectivity index (χ1v) is 5.28. The molecule has 1 aromatic rings. The SMILES string of the molecule is Cl.Cl.Cl.c1cncc(CN[C@H]2CCCNC2)c1. The highest BCUT2D eigenvalue weighted by atomic mass is 35.5. The molecule has 1 atom stereocenters. The number of nitrogens with zero attached hydrogens (tertiary/aromatic N) is 1. The van der Waals surface area contributed by atoms with Crippen LogP contribution in [-0.2, 0) is 6.54 Å². The van der Waals surface area contributed by atoms with E-state index in [2.05, 4.69) is 21.7 Å². The molecule has 0 spiro atoms. The topological polar surface area (TPSA) is 37.0 Å². The van der Waals surface area contributed by atoms with Crippen molar-refractivity contribution in [2.75, 3.05) is 13.1 Å². The second kappa shape index (κ2) is 11.1. The van der Waals surface area contributed by atoms with Crippen molar-refractivity contribution in [1.82, 2.24) is 15.6 Å². The molecule has 1 saturated heterocycles. The number of hydrogen-bond donors (Lipinski definition) is 2.